The topological polar surface area (TPSA) is 78.5 Å². The van der Waals surface area contributed by atoms with Gasteiger partial charge >= 0.3 is 0 Å². The third-order valence-electron chi connectivity index (χ3n) is 5.35. The molecule has 3 aliphatic rings. The van der Waals surface area contributed by atoms with Crippen LogP contribution in [0.3, 0.4) is 0 Å². The molecule has 1 atom stereocenters. The molecule has 134 valence electrons. The monoisotopic (exact) mass is 361 g/mol. The van der Waals surface area contributed by atoms with Gasteiger partial charge in [-0.25, -0.2) is 0 Å². The highest BCUT2D eigenvalue weighted by Gasteiger charge is 2.39. The first-order valence-corrected chi connectivity index (χ1v) is 9.98. The number of hydrogen-bond acceptors (Lipinski definition) is 4. The Bertz CT molecular complexity index is 691. The highest BCUT2D eigenvalue weighted by molar-refractivity contribution is 7.14. The molecule has 1 aromatic rings. The number of carbonyl (C=O) groups excluding carboxylic acids is 3. The molecule has 2 N–H and O–H groups in total. The molecule has 4 rings (SSSR count). The van der Waals surface area contributed by atoms with Gasteiger partial charge in [-0.1, -0.05) is 12.8 Å². The number of nitrogens with one attached hydrogen (secondary N) is 2. The number of nitrogens with zero attached hydrogens (tertiary/aromatic N) is 1. The summed E-state index contributed by atoms with van der Waals surface area (Å²) in [6.07, 6.45) is 6.77. The summed E-state index contributed by atoms with van der Waals surface area (Å²) in [6.45, 7) is 0.504. The van der Waals surface area contributed by atoms with E-state index in [9.17, 15) is 14.4 Å². The van der Waals surface area contributed by atoms with E-state index in [1.54, 1.807) is 6.07 Å². The second-order valence-corrected chi connectivity index (χ2v) is 8.20. The molecule has 0 bridgehead atoms. The molecule has 1 aromatic heterocycles. The van der Waals surface area contributed by atoms with Crippen molar-refractivity contribution in [1.29, 1.82) is 0 Å². The molecule has 0 radical (unpaired) electrons. The van der Waals surface area contributed by atoms with E-state index in [4.69, 9.17) is 0 Å². The lowest BCUT2D eigenvalue weighted by atomic mass is 10.1. The zero-order chi connectivity index (χ0) is 17.4. The van der Waals surface area contributed by atoms with Crippen LogP contribution in [0.4, 0.5) is 5.00 Å². The van der Waals surface area contributed by atoms with Crippen molar-refractivity contribution >= 4 is 34.1 Å². The number of hydrogen-bond donors (Lipinski definition) is 2. The number of thiophene rings is 1. The standard InChI is InChI=1S/C18H23N3O3S/c22-15-9-11(10-21(15)13-3-1-2-4-13)16(23)20-18-14(7-8-25-18)17(24)19-12-5-6-12/h7-8,11-13H,1-6,9-10H2,(H,19,24)(H,20,23). The highest BCUT2D eigenvalue weighted by Crippen LogP contribution is 2.31. The van der Waals surface area contributed by atoms with E-state index in [1.807, 2.05) is 10.3 Å². The number of amides is 3. The van der Waals surface area contributed by atoms with Gasteiger partial charge < -0.3 is 15.5 Å². The number of anilines is 1. The van der Waals surface area contributed by atoms with Gasteiger partial charge in [0.25, 0.3) is 5.91 Å². The van der Waals surface area contributed by atoms with Gasteiger partial charge in [-0.15, -0.1) is 11.3 Å². The second kappa shape index (κ2) is 6.78. The molecule has 0 spiro atoms. The summed E-state index contributed by atoms with van der Waals surface area (Å²) in [4.78, 5) is 39.0. The predicted molar refractivity (Wildman–Crippen MR) is 95.5 cm³/mol. The van der Waals surface area contributed by atoms with Crippen molar-refractivity contribution in [3.05, 3.63) is 17.0 Å². The fourth-order valence-corrected chi connectivity index (χ4v) is 4.55. The molecule has 25 heavy (non-hydrogen) atoms. The van der Waals surface area contributed by atoms with Gasteiger partial charge in [-0.2, -0.15) is 0 Å². The quantitative estimate of drug-likeness (QED) is 0.845. The largest absolute Gasteiger partial charge is 0.349 e. The van der Waals surface area contributed by atoms with E-state index in [-0.39, 0.29) is 36.1 Å². The normalized spacial score (nSPS) is 23.9. The number of carbonyl (C=O) groups is 3. The smallest absolute Gasteiger partial charge is 0.254 e. The van der Waals surface area contributed by atoms with Crippen LogP contribution in [0.2, 0.25) is 0 Å². The third kappa shape index (κ3) is 3.56. The molecular formula is C18H23N3O3S. The minimum atomic E-state index is -0.324. The van der Waals surface area contributed by atoms with E-state index in [0.29, 0.717) is 23.2 Å². The van der Waals surface area contributed by atoms with Crippen molar-refractivity contribution in [2.24, 2.45) is 5.92 Å². The van der Waals surface area contributed by atoms with E-state index in [0.717, 1.165) is 25.7 Å². The molecule has 1 unspecified atom stereocenters. The van der Waals surface area contributed by atoms with E-state index in [2.05, 4.69) is 10.6 Å². The van der Waals surface area contributed by atoms with Crippen LogP contribution < -0.4 is 10.6 Å². The van der Waals surface area contributed by atoms with Gasteiger partial charge in [0.1, 0.15) is 5.00 Å². The molecule has 2 heterocycles. The minimum Gasteiger partial charge on any atom is -0.349 e. The third-order valence-corrected chi connectivity index (χ3v) is 6.18. The Balaban J connectivity index is 1.38. The summed E-state index contributed by atoms with van der Waals surface area (Å²) in [7, 11) is 0. The molecule has 0 aromatic carbocycles. The maximum absolute atomic E-state index is 12.6. The summed E-state index contributed by atoms with van der Waals surface area (Å²) in [5.41, 5.74) is 0.516. The van der Waals surface area contributed by atoms with Crippen LogP contribution in [0.25, 0.3) is 0 Å². The van der Waals surface area contributed by atoms with Crippen LogP contribution in [-0.2, 0) is 9.59 Å². The van der Waals surface area contributed by atoms with Crippen molar-refractivity contribution in [3.8, 4) is 0 Å². The molecule has 3 amide bonds. The predicted octanol–water partition coefficient (Wildman–Crippen LogP) is 2.37. The van der Waals surface area contributed by atoms with Crippen LogP contribution in [0, 0.1) is 5.92 Å². The van der Waals surface area contributed by atoms with Crippen molar-refractivity contribution < 1.29 is 14.4 Å². The Morgan fingerprint density at radius 1 is 1.16 bits per heavy atom. The molecule has 3 fully saturated rings. The lowest BCUT2D eigenvalue weighted by Gasteiger charge is -2.23. The van der Waals surface area contributed by atoms with Gasteiger partial charge in [0, 0.05) is 25.0 Å². The minimum absolute atomic E-state index is 0.0879. The lowest BCUT2D eigenvalue weighted by Crippen LogP contribution is -2.35. The summed E-state index contributed by atoms with van der Waals surface area (Å²) in [5, 5.41) is 8.21. The summed E-state index contributed by atoms with van der Waals surface area (Å²) in [5.74, 6) is -0.523. The average Bonchev–Trinajstić information content (AvgIpc) is 3.00. The summed E-state index contributed by atoms with van der Waals surface area (Å²) < 4.78 is 0. The van der Waals surface area contributed by atoms with Crippen molar-refractivity contribution in [3.63, 3.8) is 0 Å². The Kier molecular flexibility index (Phi) is 4.50. The molecule has 7 heteroatoms. The first-order chi connectivity index (χ1) is 12.1. The van der Waals surface area contributed by atoms with Gasteiger partial charge in [0.05, 0.1) is 11.5 Å². The lowest BCUT2D eigenvalue weighted by molar-refractivity contribution is -0.129. The van der Waals surface area contributed by atoms with Crippen LogP contribution in [0.5, 0.6) is 0 Å². The van der Waals surface area contributed by atoms with Crippen molar-refractivity contribution in [2.75, 3.05) is 11.9 Å². The number of rotatable bonds is 5. The average molecular weight is 361 g/mol. The van der Waals surface area contributed by atoms with Crippen LogP contribution >= 0.6 is 11.3 Å². The first-order valence-electron chi connectivity index (χ1n) is 9.10. The van der Waals surface area contributed by atoms with Gasteiger partial charge in [-0.05, 0) is 37.1 Å². The molecular weight excluding hydrogens is 338 g/mol. The van der Waals surface area contributed by atoms with Crippen LogP contribution in [-0.4, -0.2) is 41.2 Å². The Hall–Kier alpha value is -1.89. The number of likely N-dealkylation sites (tertiary alicyclic amines) is 1. The van der Waals surface area contributed by atoms with Gasteiger partial charge in [0.2, 0.25) is 11.8 Å². The summed E-state index contributed by atoms with van der Waals surface area (Å²) >= 11 is 1.35. The van der Waals surface area contributed by atoms with Crippen LogP contribution in [0.1, 0.15) is 55.3 Å². The van der Waals surface area contributed by atoms with E-state index < -0.39 is 0 Å². The van der Waals surface area contributed by atoms with E-state index in [1.165, 1.54) is 24.2 Å². The molecule has 2 saturated carbocycles. The first kappa shape index (κ1) is 16.6. The SMILES string of the molecule is O=C(NC1CC1)c1ccsc1NC(=O)C1CC(=O)N(C2CCCC2)C1. The maximum Gasteiger partial charge on any atom is 0.254 e. The zero-order valence-corrected chi connectivity index (χ0v) is 14.9. The van der Waals surface area contributed by atoms with Crippen molar-refractivity contribution in [2.45, 2.75) is 57.0 Å². The molecule has 6 nitrogen and oxygen atoms in total. The Morgan fingerprint density at radius 3 is 2.64 bits per heavy atom. The fraction of sp³-hybridized carbons (Fsp3) is 0.611. The fourth-order valence-electron chi connectivity index (χ4n) is 3.77. The Labute approximate surface area is 151 Å². The Morgan fingerprint density at radius 2 is 1.92 bits per heavy atom. The molecule has 1 saturated heterocycles. The zero-order valence-electron chi connectivity index (χ0n) is 14.1. The van der Waals surface area contributed by atoms with Crippen LogP contribution in [0.15, 0.2) is 11.4 Å². The maximum atomic E-state index is 12.6. The van der Waals surface area contributed by atoms with Gasteiger partial charge in [-0.3, -0.25) is 14.4 Å². The van der Waals surface area contributed by atoms with Crippen molar-refractivity contribution in [1.82, 2.24) is 10.2 Å². The molecule has 1 aliphatic heterocycles. The van der Waals surface area contributed by atoms with E-state index >= 15 is 0 Å². The second-order valence-electron chi connectivity index (χ2n) is 7.29. The van der Waals surface area contributed by atoms with Gasteiger partial charge in [0.15, 0.2) is 0 Å². The summed E-state index contributed by atoms with van der Waals surface area (Å²) in [6, 6.07) is 2.33. The highest BCUT2D eigenvalue weighted by atomic mass is 32.1. The molecule has 2 aliphatic carbocycles.